The fraction of sp³-hybridized carbons (Fsp3) is 0.250. The van der Waals surface area contributed by atoms with Gasteiger partial charge in [0.2, 0.25) is 11.8 Å². The largest absolute Gasteiger partial charge is 0.399 e. The van der Waals surface area contributed by atoms with E-state index in [2.05, 4.69) is 0 Å². The van der Waals surface area contributed by atoms with Crippen LogP contribution >= 0.6 is 0 Å². The number of carbonyl (C=O) groups is 3. The van der Waals surface area contributed by atoms with Crippen LogP contribution in [0, 0.1) is 0 Å². The number of Topliss-reactive ketones (excluding diaryl/α,β-unsaturated/α-hetero) is 1. The van der Waals surface area contributed by atoms with E-state index in [1.165, 1.54) is 18.2 Å². The highest BCUT2D eigenvalue weighted by Gasteiger charge is 2.21. The topological polar surface area (TPSA) is 155 Å². The molecule has 2 amide bonds. The molecule has 0 unspecified atom stereocenters. The maximum Gasteiger partial charge on any atom is 0.249 e. The predicted octanol–water partition coefficient (Wildman–Crippen LogP) is -0.857. The van der Waals surface area contributed by atoms with Crippen LogP contribution < -0.4 is 22.9 Å². The molecule has 0 radical (unpaired) electrons. The van der Waals surface area contributed by atoms with Gasteiger partial charge in [-0.15, -0.1) is 0 Å². The molecule has 0 aromatic heterocycles. The van der Waals surface area contributed by atoms with E-state index in [1.54, 1.807) is 0 Å². The average molecular weight is 264 g/mol. The van der Waals surface area contributed by atoms with Gasteiger partial charge in [-0.2, -0.15) is 0 Å². The summed E-state index contributed by atoms with van der Waals surface area (Å²) in [6.07, 6.45) is 0.0856. The Morgan fingerprint density at radius 1 is 1.11 bits per heavy atom. The third kappa shape index (κ3) is 3.78. The minimum atomic E-state index is -0.938. The van der Waals surface area contributed by atoms with E-state index in [0.29, 0.717) is 5.69 Å². The lowest BCUT2D eigenvalue weighted by atomic mass is 9.95. The van der Waals surface area contributed by atoms with Crippen molar-refractivity contribution >= 4 is 23.3 Å². The predicted molar refractivity (Wildman–Crippen MR) is 70.1 cm³/mol. The summed E-state index contributed by atoms with van der Waals surface area (Å²) in [5, 5.41) is 0. The van der Waals surface area contributed by atoms with Gasteiger partial charge in [-0.3, -0.25) is 14.4 Å². The summed E-state index contributed by atoms with van der Waals surface area (Å²) in [4.78, 5) is 34.0. The number of anilines is 1. The van der Waals surface area contributed by atoms with Crippen LogP contribution in [0.4, 0.5) is 5.69 Å². The van der Waals surface area contributed by atoms with Crippen molar-refractivity contribution in [2.45, 2.75) is 18.9 Å². The van der Waals surface area contributed by atoms with Crippen LogP contribution in [0.15, 0.2) is 18.2 Å². The van der Waals surface area contributed by atoms with Gasteiger partial charge in [-0.05, 0) is 24.6 Å². The molecule has 0 heterocycles. The van der Waals surface area contributed by atoms with Gasteiger partial charge >= 0.3 is 0 Å². The summed E-state index contributed by atoms with van der Waals surface area (Å²) in [6, 6.07) is 3.23. The van der Waals surface area contributed by atoms with Gasteiger partial charge in [-0.25, -0.2) is 0 Å². The van der Waals surface area contributed by atoms with Crippen LogP contribution in [0.1, 0.15) is 33.6 Å². The zero-order chi connectivity index (χ0) is 14.6. The number of amides is 2. The molecule has 1 aromatic carbocycles. The van der Waals surface area contributed by atoms with Crippen molar-refractivity contribution in [3.05, 3.63) is 29.3 Å². The highest BCUT2D eigenvalue weighted by Crippen LogP contribution is 2.16. The molecule has 0 saturated carbocycles. The maximum atomic E-state index is 12.1. The number of carbonyl (C=O) groups excluding carboxylic acids is 3. The van der Waals surface area contributed by atoms with Crippen molar-refractivity contribution in [2.24, 2.45) is 17.2 Å². The van der Waals surface area contributed by atoms with E-state index in [0.717, 1.165) is 0 Å². The number of rotatable bonds is 6. The second-order valence-corrected chi connectivity index (χ2v) is 4.15. The zero-order valence-corrected chi connectivity index (χ0v) is 10.3. The van der Waals surface area contributed by atoms with Gasteiger partial charge in [0.1, 0.15) is 0 Å². The maximum absolute atomic E-state index is 12.1. The van der Waals surface area contributed by atoms with E-state index in [4.69, 9.17) is 22.9 Å². The lowest BCUT2D eigenvalue weighted by Crippen LogP contribution is -2.33. The van der Waals surface area contributed by atoms with Gasteiger partial charge < -0.3 is 22.9 Å². The second-order valence-electron chi connectivity index (χ2n) is 4.15. The number of nitrogen functional groups attached to an aromatic ring is 1. The van der Waals surface area contributed by atoms with Crippen molar-refractivity contribution < 1.29 is 14.4 Å². The Kier molecular flexibility index (Phi) is 4.60. The Labute approximate surface area is 109 Å². The van der Waals surface area contributed by atoms with E-state index >= 15 is 0 Å². The quantitative estimate of drug-likeness (QED) is 0.388. The number of primary amides is 2. The third-order valence-electron chi connectivity index (χ3n) is 2.61. The summed E-state index contributed by atoms with van der Waals surface area (Å²) in [6.45, 7) is 0. The Hall–Kier alpha value is -2.41. The van der Waals surface area contributed by atoms with E-state index < -0.39 is 23.6 Å². The first-order valence-electron chi connectivity index (χ1n) is 5.60. The SMILES string of the molecule is NC(=O)CC[C@H](N)C(=O)c1cc(N)ccc1C(N)=O. The van der Waals surface area contributed by atoms with E-state index in [1.807, 2.05) is 0 Å². The van der Waals surface area contributed by atoms with Crippen LogP contribution in [-0.2, 0) is 4.79 Å². The van der Waals surface area contributed by atoms with Crippen LogP contribution in [-0.4, -0.2) is 23.6 Å². The summed E-state index contributed by atoms with van der Waals surface area (Å²) in [5.41, 5.74) is 21.8. The van der Waals surface area contributed by atoms with Crippen molar-refractivity contribution in [1.82, 2.24) is 0 Å². The molecule has 0 aliphatic carbocycles. The molecule has 1 aromatic rings. The Bertz CT molecular complexity index is 528. The smallest absolute Gasteiger partial charge is 0.249 e. The molecular formula is C12H16N4O3. The molecule has 0 aliphatic rings. The minimum Gasteiger partial charge on any atom is -0.399 e. The lowest BCUT2D eigenvalue weighted by molar-refractivity contribution is -0.118. The molecule has 0 aliphatic heterocycles. The first kappa shape index (κ1) is 14.7. The molecule has 1 rings (SSSR count). The molecule has 0 fully saturated rings. The van der Waals surface area contributed by atoms with Crippen LogP contribution in [0.25, 0.3) is 0 Å². The van der Waals surface area contributed by atoms with Gasteiger partial charge in [0.05, 0.1) is 11.6 Å². The molecule has 7 heteroatoms. The molecule has 0 saturated heterocycles. The first-order valence-corrected chi connectivity index (χ1v) is 5.60. The summed E-state index contributed by atoms with van der Waals surface area (Å²) < 4.78 is 0. The average Bonchev–Trinajstić information content (AvgIpc) is 2.34. The highest BCUT2D eigenvalue weighted by atomic mass is 16.2. The molecule has 0 bridgehead atoms. The number of ketones is 1. The molecule has 1 atom stereocenters. The van der Waals surface area contributed by atoms with Crippen molar-refractivity contribution in [3.63, 3.8) is 0 Å². The standard InChI is InChI=1S/C12H16N4O3/c13-6-1-2-7(12(16)19)8(5-6)11(18)9(14)3-4-10(15)17/h1-2,5,9H,3-4,13-14H2,(H2,15,17)(H2,16,19)/t9-/m0/s1. The summed E-state index contributed by atoms with van der Waals surface area (Å²) in [7, 11) is 0. The van der Waals surface area contributed by atoms with Gasteiger partial charge in [-0.1, -0.05) is 0 Å². The molecule has 19 heavy (non-hydrogen) atoms. The normalized spacial score (nSPS) is 11.8. The first-order chi connectivity index (χ1) is 8.82. The van der Waals surface area contributed by atoms with Crippen molar-refractivity contribution in [2.75, 3.05) is 5.73 Å². The number of benzene rings is 1. The van der Waals surface area contributed by atoms with E-state index in [9.17, 15) is 14.4 Å². The minimum absolute atomic E-state index is 0.0128. The Morgan fingerprint density at radius 2 is 1.74 bits per heavy atom. The molecule has 102 valence electrons. The number of hydrogen-bond acceptors (Lipinski definition) is 5. The molecular weight excluding hydrogens is 248 g/mol. The van der Waals surface area contributed by atoms with Crippen molar-refractivity contribution in [1.29, 1.82) is 0 Å². The fourth-order valence-electron chi connectivity index (χ4n) is 1.61. The van der Waals surface area contributed by atoms with Crippen molar-refractivity contribution in [3.8, 4) is 0 Å². The molecule has 8 N–H and O–H groups in total. The fourth-order valence-corrected chi connectivity index (χ4v) is 1.61. The van der Waals surface area contributed by atoms with Gasteiger partial charge in [0.15, 0.2) is 5.78 Å². The molecule has 0 spiro atoms. The van der Waals surface area contributed by atoms with Crippen LogP contribution in [0.5, 0.6) is 0 Å². The summed E-state index contributed by atoms with van der Waals surface area (Å²) in [5.74, 6) is -1.79. The van der Waals surface area contributed by atoms with Crippen LogP contribution in [0.3, 0.4) is 0 Å². The van der Waals surface area contributed by atoms with Gasteiger partial charge in [0.25, 0.3) is 0 Å². The Balaban J connectivity index is 3.01. The lowest BCUT2D eigenvalue weighted by Gasteiger charge is -2.12. The van der Waals surface area contributed by atoms with E-state index in [-0.39, 0.29) is 24.0 Å². The monoisotopic (exact) mass is 264 g/mol. The summed E-state index contributed by atoms with van der Waals surface area (Å²) >= 11 is 0. The second kappa shape index (κ2) is 5.96. The third-order valence-corrected chi connectivity index (χ3v) is 2.61. The highest BCUT2D eigenvalue weighted by molar-refractivity contribution is 6.10. The Morgan fingerprint density at radius 3 is 2.26 bits per heavy atom. The number of hydrogen-bond donors (Lipinski definition) is 4. The number of nitrogens with two attached hydrogens (primary N) is 4. The zero-order valence-electron chi connectivity index (χ0n) is 10.3. The molecule has 7 nitrogen and oxygen atoms in total. The van der Waals surface area contributed by atoms with Gasteiger partial charge in [0, 0.05) is 17.7 Å². The van der Waals surface area contributed by atoms with Crippen LogP contribution in [0.2, 0.25) is 0 Å².